The van der Waals surface area contributed by atoms with Crippen molar-refractivity contribution in [1.82, 2.24) is 0 Å². The van der Waals surface area contributed by atoms with Crippen LogP contribution in [0.1, 0.15) is 122 Å². The molecule has 0 amide bonds. The SMILES string of the molecule is CCCCCC1CCC(C2CCC(CCC3CCC(OC)CC3)CC2)CC1. The molecular weight excluding hydrogens is 328 g/mol. The van der Waals surface area contributed by atoms with Gasteiger partial charge in [-0.1, -0.05) is 71.1 Å². The average Bonchev–Trinajstić information content (AvgIpc) is 2.74. The first-order chi connectivity index (χ1) is 13.3. The maximum absolute atomic E-state index is 5.53. The van der Waals surface area contributed by atoms with Crippen molar-refractivity contribution >= 4 is 0 Å². The van der Waals surface area contributed by atoms with E-state index >= 15 is 0 Å². The molecule has 158 valence electrons. The molecule has 0 N–H and O–H groups in total. The molecule has 3 rings (SSSR count). The van der Waals surface area contributed by atoms with Gasteiger partial charge in [-0.3, -0.25) is 0 Å². The second-order valence-electron chi connectivity index (χ2n) is 10.5. The molecule has 0 atom stereocenters. The lowest BCUT2D eigenvalue weighted by Gasteiger charge is -2.38. The molecule has 0 aromatic carbocycles. The molecule has 0 radical (unpaired) electrons. The van der Waals surface area contributed by atoms with Crippen LogP contribution in [0.25, 0.3) is 0 Å². The monoisotopic (exact) mass is 376 g/mol. The maximum Gasteiger partial charge on any atom is 0.0571 e. The van der Waals surface area contributed by atoms with Gasteiger partial charge in [-0.05, 0) is 81.0 Å². The van der Waals surface area contributed by atoms with Gasteiger partial charge in [0.2, 0.25) is 0 Å². The quantitative estimate of drug-likeness (QED) is 0.369. The lowest BCUT2D eigenvalue weighted by Crippen LogP contribution is -2.26. The zero-order chi connectivity index (χ0) is 18.9. The predicted octanol–water partition coefficient (Wildman–Crippen LogP) is 8.16. The van der Waals surface area contributed by atoms with Crippen molar-refractivity contribution in [2.24, 2.45) is 29.6 Å². The second kappa shape index (κ2) is 11.8. The number of hydrogen-bond donors (Lipinski definition) is 0. The third-order valence-corrected chi connectivity index (χ3v) is 8.78. The van der Waals surface area contributed by atoms with Gasteiger partial charge in [0.1, 0.15) is 0 Å². The minimum Gasteiger partial charge on any atom is -0.381 e. The Hall–Kier alpha value is -0.0400. The molecule has 0 bridgehead atoms. The van der Waals surface area contributed by atoms with Gasteiger partial charge in [0, 0.05) is 7.11 Å². The largest absolute Gasteiger partial charge is 0.381 e. The van der Waals surface area contributed by atoms with Crippen molar-refractivity contribution in [3.63, 3.8) is 0 Å². The van der Waals surface area contributed by atoms with Gasteiger partial charge in [-0.15, -0.1) is 0 Å². The zero-order valence-corrected chi connectivity index (χ0v) is 18.6. The van der Waals surface area contributed by atoms with Crippen LogP contribution in [-0.2, 0) is 4.74 Å². The summed E-state index contributed by atoms with van der Waals surface area (Å²) >= 11 is 0. The zero-order valence-electron chi connectivity index (χ0n) is 18.6. The molecule has 3 aliphatic carbocycles. The number of ether oxygens (including phenoxy) is 1. The minimum absolute atomic E-state index is 0.568. The van der Waals surface area contributed by atoms with E-state index in [-0.39, 0.29) is 0 Å². The predicted molar refractivity (Wildman–Crippen MR) is 117 cm³/mol. The van der Waals surface area contributed by atoms with Gasteiger partial charge < -0.3 is 4.74 Å². The van der Waals surface area contributed by atoms with Crippen molar-refractivity contribution in [2.45, 2.75) is 129 Å². The fourth-order valence-electron chi connectivity index (χ4n) is 6.71. The Morgan fingerprint density at radius 2 is 1.00 bits per heavy atom. The Labute approximate surface area is 170 Å². The Kier molecular flexibility index (Phi) is 9.50. The van der Waals surface area contributed by atoms with Crippen LogP contribution in [0.4, 0.5) is 0 Å². The van der Waals surface area contributed by atoms with Crippen molar-refractivity contribution in [2.75, 3.05) is 7.11 Å². The lowest BCUT2D eigenvalue weighted by atomic mass is 9.68. The van der Waals surface area contributed by atoms with E-state index in [1.54, 1.807) is 51.4 Å². The smallest absolute Gasteiger partial charge is 0.0571 e. The van der Waals surface area contributed by atoms with Crippen LogP contribution in [0.15, 0.2) is 0 Å². The maximum atomic E-state index is 5.53. The molecule has 0 aliphatic heterocycles. The summed E-state index contributed by atoms with van der Waals surface area (Å²) in [5.74, 6) is 5.34. The highest BCUT2D eigenvalue weighted by Gasteiger charge is 2.31. The topological polar surface area (TPSA) is 9.23 Å². The van der Waals surface area contributed by atoms with E-state index in [0.717, 1.165) is 29.6 Å². The van der Waals surface area contributed by atoms with Crippen LogP contribution in [0.3, 0.4) is 0 Å². The molecular formula is C26H48O. The third kappa shape index (κ3) is 7.06. The van der Waals surface area contributed by atoms with Crippen LogP contribution in [-0.4, -0.2) is 13.2 Å². The van der Waals surface area contributed by atoms with Gasteiger partial charge in [0.05, 0.1) is 6.10 Å². The van der Waals surface area contributed by atoms with Crippen LogP contribution in [0, 0.1) is 29.6 Å². The summed E-state index contributed by atoms with van der Waals surface area (Å²) in [5, 5.41) is 0. The van der Waals surface area contributed by atoms with Crippen LogP contribution in [0.2, 0.25) is 0 Å². The number of hydrogen-bond acceptors (Lipinski definition) is 1. The van der Waals surface area contributed by atoms with E-state index in [2.05, 4.69) is 6.92 Å². The van der Waals surface area contributed by atoms with E-state index in [9.17, 15) is 0 Å². The molecule has 0 saturated heterocycles. The van der Waals surface area contributed by atoms with Crippen molar-refractivity contribution in [3.8, 4) is 0 Å². The van der Waals surface area contributed by atoms with Gasteiger partial charge >= 0.3 is 0 Å². The summed E-state index contributed by atoms with van der Waals surface area (Å²) < 4.78 is 5.53. The second-order valence-corrected chi connectivity index (χ2v) is 10.5. The first-order valence-electron chi connectivity index (χ1n) is 12.8. The highest BCUT2D eigenvalue weighted by molar-refractivity contribution is 4.83. The molecule has 1 heteroatoms. The molecule has 0 aromatic heterocycles. The number of rotatable bonds is 9. The first-order valence-corrected chi connectivity index (χ1v) is 12.8. The van der Waals surface area contributed by atoms with Crippen LogP contribution >= 0.6 is 0 Å². The summed E-state index contributed by atoms with van der Waals surface area (Å²) in [6.45, 7) is 2.33. The van der Waals surface area contributed by atoms with E-state index in [1.165, 1.54) is 64.2 Å². The molecule has 0 unspecified atom stereocenters. The number of unbranched alkanes of at least 4 members (excludes halogenated alkanes) is 2. The highest BCUT2D eigenvalue weighted by atomic mass is 16.5. The summed E-state index contributed by atoms with van der Waals surface area (Å²) in [6.07, 6.45) is 27.4. The van der Waals surface area contributed by atoms with Crippen LogP contribution in [0.5, 0.6) is 0 Å². The molecule has 3 aliphatic rings. The fraction of sp³-hybridized carbons (Fsp3) is 1.00. The standard InChI is InChI=1S/C26H48O/c1-3-4-5-6-21-9-15-24(16-10-21)25-17-11-22(12-18-25)7-8-23-13-19-26(27-2)20-14-23/h21-26H,3-20H2,1-2H3. The lowest BCUT2D eigenvalue weighted by molar-refractivity contribution is 0.0536. The van der Waals surface area contributed by atoms with E-state index < -0.39 is 0 Å². The first kappa shape index (κ1) is 21.7. The molecule has 1 nitrogen and oxygen atoms in total. The van der Waals surface area contributed by atoms with Gasteiger partial charge in [-0.2, -0.15) is 0 Å². The van der Waals surface area contributed by atoms with Gasteiger partial charge in [0.25, 0.3) is 0 Å². The van der Waals surface area contributed by atoms with Crippen molar-refractivity contribution < 1.29 is 4.74 Å². The molecule has 0 heterocycles. The normalized spacial score (nSPS) is 38.0. The Bertz CT molecular complexity index is 368. The Morgan fingerprint density at radius 1 is 0.556 bits per heavy atom. The minimum atomic E-state index is 0.568. The van der Waals surface area contributed by atoms with E-state index in [4.69, 9.17) is 4.74 Å². The molecule has 27 heavy (non-hydrogen) atoms. The molecule has 0 aromatic rings. The van der Waals surface area contributed by atoms with Crippen molar-refractivity contribution in [1.29, 1.82) is 0 Å². The third-order valence-electron chi connectivity index (χ3n) is 8.78. The van der Waals surface area contributed by atoms with E-state index in [1.807, 2.05) is 7.11 Å². The fourth-order valence-corrected chi connectivity index (χ4v) is 6.71. The summed E-state index contributed by atoms with van der Waals surface area (Å²) in [4.78, 5) is 0. The summed E-state index contributed by atoms with van der Waals surface area (Å²) in [7, 11) is 1.89. The molecule has 0 spiro atoms. The Morgan fingerprint density at radius 3 is 1.44 bits per heavy atom. The summed E-state index contributed by atoms with van der Waals surface area (Å²) in [6, 6.07) is 0. The van der Waals surface area contributed by atoms with Gasteiger partial charge in [0.15, 0.2) is 0 Å². The summed E-state index contributed by atoms with van der Waals surface area (Å²) in [5.41, 5.74) is 0. The number of methoxy groups -OCH3 is 1. The average molecular weight is 377 g/mol. The van der Waals surface area contributed by atoms with E-state index in [0.29, 0.717) is 6.10 Å². The Balaban J connectivity index is 1.26. The van der Waals surface area contributed by atoms with Crippen molar-refractivity contribution in [3.05, 3.63) is 0 Å². The van der Waals surface area contributed by atoms with Crippen LogP contribution < -0.4 is 0 Å². The molecule has 3 saturated carbocycles. The van der Waals surface area contributed by atoms with Gasteiger partial charge in [-0.25, -0.2) is 0 Å². The molecule has 3 fully saturated rings. The highest BCUT2D eigenvalue weighted by Crippen LogP contribution is 2.43.